The van der Waals surface area contributed by atoms with Crippen LogP contribution in [0, 0.1) is 0 Å². The Kier molecular flexibility index (Phi) is 4.56. The van der Waals surface area contributed by atoms with E-state index in [2.05, 4.69) is 9.47 Å². The molecule has 0 heterocycles. The van der Waals surface area contributed by atoms with Gasteiger partial charge in [-0.05, 0) is 23.8 Å². The molecule has 0 aliphatic carbocycles. The van der Waals surface area contributed by atoms with Crippen molar-refractivity contribution in [3.05, 3.63) is 35.9 Å². The molecule has 91 valence electrons. The molecule has 0 bridgehead atoms. The Hall–Kier alpha value is -1.98. The number of hydrogen-bond acceptors (Lipinski definition) is 3. The first-order chi connectivity index (χ1) is 8.01. The van der Waals surface area contributed by atoms with Gasteiger partial charge in [-0.1, -0.05) is 18.2 Å². The highest BCUT2D eigenvalue weighted by Gasteiger charge is 2.30. The van der Waals surface area contributed by atoms with E-state index in [0.29, 0.717) is 5.56 Å². The van der Waals surface area contributed by atoms with E-state index >= 15 is 0 Å². The lowest BCUT2D eigenvalue weighted by molar-refractivity contribution is -0.274. The third kappa shape index (κ3) is 5.60. The number of ether oxygens (including phenoxy) is 2. The molecule has 6 heteroatoms. The van der Waals surface area contributed by atoms with Crippen LogP contribution in [0.3, 0.4) is 0 Å². The van der Waals surface area contributed by atoms with E-state index in [0.717, 1.165) is 0 Å². The van der Waals surface area contributed by atoms with Gasteiger partial charge >= 0.3 is 12.8 Å². The van der Waals surface area contributed by atoms with Crippen LogP contribution in [-0.4, -0.2) is 19.4 Å². The summed E-state index contributed by atoms with van der Waals surface area (Å²) in [5.74, 6) is -0.303. The SMILES string of the molecule is O=[C]OCC=Cc1cccc(OC(F)(F)F)c1. The quantitative estimate of drug-likeness (QED) is 0.748. The Balaban J connectivity index is 2.65. The molecule has 0 N–H and O–H groups in total. The topological polar surface area (TPSA) is 35.5 Å². The van der Waals surface area contributed by atoms with Crippen molar-refractivity contribution in [3.63, 3.8) is 0 Å². The van der Waals surface area contributed by atoms with Crippen molar-refractivity contribution in [3.8, 4) is 5.75 Å². The summed E-state index contributed by atoms with van der Waals surface area (Å²) in [5.41, 5.74) is 0.501. The molecule has 1 aromatic rings. The van der Waals surface area contributed by atoms with Gasteiger partial charge in [0.25, 0.3) is 0 Å². The summed E-state index contributed by atoms with van der Waals surface area (Å²) in [5, 5.41) is 0. The molecule has 0 aliphatic rings. The lowest BCUT2D eigenvalue weighted by Crippen LogP contribution is -2.17. The zero-order valence-corrected chi connectivity index (χ0v) is 8.53. The van der Waals surface area contributed by atoms with Crippen molar-refractivity contribution in [1.29, 1.82) is 0 Å². The predicted molar refractivity (Wildman–Crippen MR) is 53.8 cm³/mol. The number of hydrogen-bond donors (Lipinski definition) is 0. The molecule has 1 aromatic carbocycles. The average molecular weight is 245 g/mol. The first-order valence-corrected chi connectivity index (χ1v) is 4.52. The van der Waals surface area contributed by atoms with Crippen molar-refractivity contribution in [2.24, 2.45) is 0 Å². The minimum absolute atomic E-state index is 0.00779. The summed E-state index contributed by atoms with van der Waals surface area (Å²) in [6.45, 7) is 1.23. The molecule has 1 radical (unpaired) electrons. The lowest BCUT2D eigenvalue weighted by Gasteiger charge is -2.08. The van der Waals surface area contributed by atoms with Crippen molar-refractivity contribution < 1.29 is 27.4 Å². The van der Waals surface area contributed by atoms with Crippen LogP contribution in [0.2, 0.25) is 0 Å². The second-order valence-corrected chi connectivity index (χ2v) is 2.92. The second-order valence-electron chi connectivity index (χ2n) is 2.92. The van der Waals surface area contributed by atoms with Crippen LogP contribution in [0.1, 0.15) is 5.56 Å². The Morgan fingerprint density at radius 2 is 2.12 bits per heavy atom. The molecule has 0 saturated carbocycles. The van der Waals surface area contributed by atoms with E-state index in [1.165, 1.54) is 36.8 Å². The summed E-state index contributed by atoms with van der Waals surface area (Å²) in [4.78, 5) is 9.70. The van der Waals surface area contributed by atoms with Gasteiger partial charge in [0.1, 0.15) is 12.4 Å². The predicted octanol–water partition coefficient (Wildman–Crippen LogP) is 2.68. The zero-order valence-electron chi connectivity index (χ0n) is 8.53. The molecule has 0 aliphatic heterocycles. The third-order valence-electron chi connectivity index (χ3n) is 1.64. The van der Waals surface area contributed by atoms with Gasteiger partial charge in [-0.3, -0.25) is 0 Å². The van der Waals surface area contributed by atoms with Gasteiger partial charge in [0.15, 0.2) is 0 Å². The molecule has 0 atom stereocenters. The van der Waals surface area contributed by atoms with Gasteiger partial charge in [0, 0.05) is 0 Å². The van der Waals surface area contributed by atoms with Gasteiger partial charge in [0.05, 0.1) is 0 Å². The number of rotatable bonds is 5. The smallest absolute Gasteiger partial charge is 0.453 e. The first kappa shape index (κ1) is 13.1. The van der Waals surface area contributed by atoms with Gasteiger partial charge in [-0.2, -0.15) is 0 Å². The van der Waals surface area contributed by atoms with E-state index in [9.17, 15) is 18.0 Å². The van der Waals surface area contributed by atoms with Gasteiger partial charge in [-0.15, -0.1) is 13.2 Å². The molecule has 3 nitrogen and oxygen atoms in total. The molecule has 0 unspecified atom stereocenters. The zero-order chi connectivity index (χ0) is 12.7. The molecule has 17 heavy (non-hydrogen) atoms. The Morgan fingerprint density at radius 1 is 1.35 bits per heavy atom. The summed E-state index contributed by atoms with van der Waals surface area (Å²) in [7, 11) is 0. The highest BCUT2D eigenvalue weighted by Crippen LogP contribution is 2.23. The van der Waals surface area contributed by atoms with Crippen LogP contribution >= 0.6 is 0 Å². The maximum Gasteiger partial charge on any atom is 0.573 e. The van der Waals surface area contributed by atoms with E-state index in [1.54, 1.807) is 6.07 Å². The van der Waals surface area contributed by atoms with E-state index in [4.69, 9.17) is 0 Å². The summed E-state index contributed by atoms with van der Waals surface area (Å²) in [6.07, 6.45) is -1.74. The minimum atomic E-state index is -4.71. The molecule has 1 rings (SSSR count). The first-order valence-electron chi connectivity index (χ1n) is 4.52. The van der Waals surface area contributed by atoms with E-state index in [1.807, 2.05) is 0 Å². The van der Waals surface area contributed by atoms with Crippen LogP contribution in [0.4, 0.5) is 13.2 Å². The molecule has 0 saturated heterocycles. The number of benzene rings is 1. The highest BCUT2D eigenvalue weighted by molar-refractivity contribution is 5.52. The van der Waals surface area contributed by atoms with Crippen LogP contribution in [0.25, 0.3) is 6.08 Å². The van der Waals surface area contributed by atoms with Crippen molar-refractivity contribution in [1.82, 2.24) is 0 Å². The van der Waals surface area contributed by atoms with Crippen molar-refractivity contribution >= 4 is 12.5 Å². The molecule has 0 amide bonds. The Bertz CT molecular complexity index is 399. The molecule has 0 spiro atoms. The van der Waals surface area contributed by atoms with Gasteiger partial charge < -0.3 is 9.47 Å². The molecule has 0 aromatic heterocycles. The number of carbonyl (C=O) groups excluding carboxylic acids is 1. The summed E-state index contributed by atoms with van der Waals surface area (Å²) >= 11 is 0. The fraction of sp³-hybridized carbons (Fsp3) is 0.182. The molecular formula is C11H8F3O3. The van der Waals surface area contributed by atoms with E-state index < -0.39 is 6.36 Å². The molecule has 0 fully saturated rings. The third-order valence-corrected chi connectivity index (χ3v) is 1.64. The van der Waals surface area contributed by atoms with Crippen molar-refractivity contribution in [2.45, 2.75) is 6.36 Å². The monoisotopic (exact) mass is 245 g/mol. The lowest BCUT2D eigenvalue weighted by atomic mass is 10.2. The number of halogens is 3. The fourth-order valence-electron chi connectivity index (χ4n) is 1.08. The maximum atomic E-state index is 11.9. The van der Waals surface area contributed by atoms with Gasteiger partial charge in [0.2, 0.25) is 0 Å². The Labute approximate surface area is 95.5 Å². The largest absolute Gasteiger partial charge is 0.573 e. The van der Waals surface area contributed by atoms with E-state index in [-0.39, 0.29) is 12.4 Å². The van der Waals surface area contributed by atoms with Crippen LogP contribution in [0.15, 0.2) is 30.3 Å². The van der Waals surface area contributed by atoms with Crippen LogP contribution < -0.4 is 4.74 Å². The van der Waals surface area contributed by atoms with Crippen LogP contribution in [-0.2, 0) is 9.53 Å². The Morgan fingerprint density at radius 3 is 2.76 bits per heavy atom. The number of alkyl halides is 3. The molecular weight excluding hydrogens is 237 g/mol. The average Bonchev–Trinajstić information content (AvgIpc) is 2.23. The summed E-state index contributed by atoms with van der Waals surface area (Å²) < 4.78 is 43.8. The maximum absolute atomic E-state index is 11.9. The standard InChI is InChI=1S/C11H8F3O3/c12-11(13,14)17-10-5-1-3-9(7-10)4-2-6-16-8-15/h1-5,7H,6H2. The second kappa shape index (κ2) is 5.93. The minimum Gasteiger partial charge on any atom is -0.453 e. The normalized spacial score (nSPS) is 11.5. The van der Waals surface area contributed by atoms with Crippen molar-refractivity contribution in [2.75, 3.05) is 6.61 Å². The fourth-order valence-corrected chi connectivity index (χ4v) is 1.08. The van der Waals surface area contributed by atoms with Gasteiger partial charge in [-0.25, -0.2) is 4.79 Å². The summed E-state index contributed by atoms with van der Waals surface area (Å²) in [6, 6.07) is 5.42. The highest BCUT2D eigenvalue weighted by atomic mass is 19.4. The van der Waals surface area contributed by atoms with Crippen LogP contribution in [0.5, 0.6) is 5.75 Å².